The van der Waals surface area contributed by atoms with Gasteiger partial charge in [0.2, 0.25) is 5.88 Å². The zero-order valence-corrected chi connectivity index (χ0v) is 12.1. The highest BCUT2D eigenvalue weighted by Crippen LogP contribution is 2.23. The molecular weight excluding hydrogens is 307 g/mol. The van der Waals surface area contributed by atoms with Crippen molar-refractivity contribution >= 4 is 17.3 Å². The molecule has 0 unspecified atom stereocenters. The molecule has 0 atom stereocenters. The number of nitrogens with one attached hydrogen (secondary N) is 2. The maximum absolute atomic E-state index is 12.8. The number of aromatic nitrogens is 2. The molecule has 0 fully saturated rings. The van der Waals surface area contributed by atoms with Crippen LogP contribution in [0.15, 0.2) is 60.9 Å². The Labute approximate surface area is 131 Å². The van der Waals surface area contributed by atoms with Crippen LogP contribution in [0.4, 0.5) is 10.1 Å². The number of pyridine rings is 1. The van der Waals surface area contributed by atoms with Crippen molar-refractivity contribution in [3.63, 3.8) is 0 Å². The zero-order valence-electron chi connectivity index (χ0n) is 11.3. The monoisotopic (exact) mass is 318 g/mol. The second-order valence-electron chi connectivity index (χ2n) is 4.36. The number of halogens is 2. The molecule has 0 bridgehead atoms. The van der Waals surface area contributed by atoms with E-state index in [-0.39, 0.29) is 5.82 Å². The highest BCUT2D eigenvalue weighted by atomic mass is 35.5. The Bertz CT molecular complexity index is 760. The predicted octanol–water partition coefficient (Wildman–Crippen LogP) is 3.58. The number of hydrogen-bond donors (Lipinski definition) is 2. The van der Waals surface area contributed by atoms with Crippen molar-refractivity contribution in [2.45, 2.75) is 0 Å². The van der Waals surface area contributed by atoms with Gasteiger partial charge in [-0.2, -0.15) is 0 Å². The molecule has 0 aliphatic heterocycles. The fraction of sp³-hybridized carbons (Fsp3) is 0. The van der Waals surface area contributed by atoms with Gasteiger partial charge in [0.25, 0.3) is 0 Å². The van der Waals surface area contributed by atoms with E-state index in [1.165, 1.54) is 12.1 Å². The summed E-state index contributed by atoms with van der Waals surface area (Å²) >= 11 is 6.12. The lowest BCUT2D eigenvalue weighted by Gasteiger charge is -2.12. The van der Waals surface area contributed by atoms with E-state index in [4.69, 9.17) is 16.4 Å². The Kier molecular flexibility index (Phi) is 4.22. The third-order valence-electron chi connectivity index (χ3n) is 2.87. The van der Waals surface area contributed by atoms with E-state index in [1.54, 1.807) is 53.4 Å². The van der Waals surface area contributed by atoms with Crippen LogP contribution in [0.2, 0.25) is 5.02 Å². The van der Waals surface area contributed by atoms with Crippen LogP contribution in [0.1, 0.15) is 0 Å². The van der Waals surface area contributed by atoms with Crippen molar-refractivity contribution in [2.75, 3.05) is 5.43 Å². The molecular formula is C15H12ClFN4O. The molecule has 1 aromatic carbocycles. The van der Waals surface area contributed by atoms with Gasteiger partial charge in [0.15, 0.2) is 5.82 Å². The van der Waals surface area contributed by atoms with Gasteiger partial charge in [-0.25, -0.2) is 9.37 Å². The molecule has 0 saturated carbocycles. The Morgan fingerprint density at radius 1 is 1.09 bits per heavy atom. The van der Waals surface area contributed by atoms with E-state index in [1.807, 2.05) is 0 Å². The van der Waals surface area contributed by atoms with Gasteiger partial charge in [0.1, 0.15) is 5.82 Å². The first-order chi connectivity index (χ1) is 10.7. The first-order valence-electron chi connectivity index (χ1n) is 6.46. The summed E-state index contributed by atoms with van der Waals surface area (Å²) in [4.78, 5) is 9.65. The summed E-state index contributed by atoms with van der Waals surface area (Å²) in [7, 11) is 0. The number of rotatable bonds is 5. The van der Waals surface area contributed by atoms with Crippen molar-refractivity contribution in [1.29, 1.82) is 0 Å². The molecule has 5 nitrogen and oxygen atoms in total. The second-order valence-corrected chi connectivity index (χ2v) is 4.77. The van der Waals surface area contributed by atoms with Crippen molar-refractivity contribution in [1.82, 2.24) is 15.1 Å². The fourth-order valence-electron chi connectivity index (χ4n) is 1.85. The van der Waals surface area contributed by atoms with Crippen LogP contribution in [-0.4, -0.2) is 9.55 Å². The molecule has 3 aromatic rings. The highest BCUT2D eigenvalue weighted by Gasteiger charge is 2.09. The Morgan fingerprint density at radius 3 is 2.68 bits per heavy atom. The molecule has 0 aliphatic rings. The number of hydrazine groups is 1. The van der Waals surface area contributed by atoms with Crippen LogP contribution in [0, 0.1) is 5.82 Å². The molecule has 3 rings (SSSR count). The average molecular weight is 319 g/mol. The molecule has 2 N–H and O–H groups in total. The molecule has 22 heavy (non-hydrogen) atoms. The van der Waals surface area contributed by atoms with Gasteiger partial charge >= 0.3 is 0 Å². The van der Waals surface area contributed by atoms with E-state index in [0.29, 0.717) is 22.4 Å². The molecule has 112 valence electrons. The summed E-state index contributed by atoms with van der Waals surface area (Å²) in [6.07, 6.45) is 3.43. The Hall–Kier alpha value is -2.57. The van der Waals surface area contributed by atoms with Gasteiger partial charge in [-0.05, 0) is 42.5 Å². The Morgan fingerprint density at radius 2 is 1.91 bits per heavy atom. The molecule has 7 heteroatoms. The first-order valence-corrected chi connectivity index (χ1v) is 6.83. The van der Waals surface area contributed by atoms with E-state index in [2.05, 4.69) is 16.0 Å². The predicted molar refractivity (Wildman–Crippen MR) is 82.4 cm³/mol. The van der Waals surface area contributed by atoms with E-state index in [9.17, 15) is 4.39 Å². The maximum Gasteiger partial charge on any atom is 0.226 e. The minimum atomic E-state index is -0.301. The smallest absolute Gasteiger partial charge is 0.226 e. The van der Waals surface area contributed by atoms with E-state index < -0.39 is 0 Å². The molecule has 0 radical (unpaired) electrons. The zero-order chi connectivity index (χ0) is 15.4. The lowest BCUT2D eigenvalue weighted by Crippen LogP contribution is -2.26. The summed E-state index contributed by atoms with van der Waals surface area (Å²) in [5, 5.41) is 0.509. The minimum Gasteiger partial charge on any atom is -0.370 e. The SMILES string of the molecule is Fc1ccc(NNOc2cccn2-c2ncccc2Cl)cc1. The summed E-state index contributed by atoms with van der Waals surface area (Å²) in [5.41, 5.74) is 6.05. The number of hydrogen-bond acceptors (Lipinski definition) is 4. The molecule has 0 aliphatic carbocycles. The number of nitrogens with zero attached hydrogens (tertiary/aromatic N) is 2. The quantitative estimate of drug-likeness (QED) is 0.706. The molecule has 0 saturated heterocycles. The van der Waals surface area contributed by atoms with Crippen LogP contribution >= 0.6 is 11.6 Å². The van der Waals surface area contributed by atoms with Crippen LogP contribution < -0.4 is 15.9 Å². The number of benzene rings is 1. The standard InChI is InChI=1S/C15H12ClFN4O/c16-13-3-1-9-18-15(13)21-10-2-4-14(21)22-20-19-12-7-5-11(17)6-8-12/h1-10,19-20H. The lowest BCUT2D eigenvalue weighted by molar-refractivity contribution is 0.208. The van der Waals surface area contributed by atoms with Gasteiger partial charge in [0, 0.05) is 18.5 Å². The number of anilines is 1. The fourth-order valence-corrected chi connectivity index (χ4v) is 2.06. The summed E-state index contributed by atoms with van der Waals surface area (Å²) in [5.74, 6) is 0.757. The third kappa shape index (κ3) is 3.19. The van der Waals surface area contributed by atoms with E-state index >= 15 is 0 Å². The molecule has 2 heterocycles. The van der Waals surface area contributed by atoms with Crippen molar-refractivity contribution in [3.05, 3.63) is 71.8 Å². The van der Waals surface area contributed by atoms with Crippen LogP contribution in [0.5, 0.6) is 5.88 Å². The summed E-state index contributed by atoms with van der Waals surface area (Å²) < 4.78 is 14.5. The third-order valence-corrected chi connectivity index (χ3v) is 3.17. The van der Waals surface area contributed by atoms with Crippen LogP contribution in [0.25, 0.3) is 5.82 Å². The summed E-state index contributed by atoms with van der Waals surface area (Å²) in [6, 6.07) is 12.9. The molecule has 0 amide bonds. The Balaban J connectivity index is 1.68. The highest BCUT2D eigenvalue weighted by molar-refractivity contribution is 6.32. The topological polar surface area (TPSA) is 51.1 Å². The molecule has 0 spiro atoms. The molecule has 2 aromatic heterocycles. The largest absolute Gasteiger partial charge is 0.370 e. The van der Waals surface area contributed by atoms with Crippen LogP contribution in [0.3, 0.4) is 0 Å². The van der Waals surface area contributed by atoms with Gasteiger partial charge in [-0.3, -0.25) is 9.99 Å². The van der Waals surface area contributed by atoms with E-state index in [0.717, 1.165) is 0 Å². The maximum atomic E-state index is 12.8. The average Bonchev–Trinajstić information content (AvgIpc) is 2.98. The van der Waals surface area contributed by atoms with Gasteiger partial charge in [-0.15, -0.1) is 0 Å². The summed E-state index contributed by atoms with van der Waals surface area (Å²) in [6.45, 7) is 0. The normalized spacial score (nSPS) is 10.5. The second kappa shape index (κ2) is 6.46. The first kappa shape index (κ1) is 14.4. The lowest BCUT2D eigenvalue weighted by atomic mass is 10.3. The van der Waals surface area contributed by atoms with Crippen molar-refractivity contribution in [2.24, 2.45) is 0 Å². The minimum absolute atomic E-state index is 0.301. The van der Waals surface area contributed by atoms with Gasteiger partial charge in [0.05, 0.1) is 10.7 Å². The van der Waals surface area contributed by atoms with Crippen LogP contribution in [-0.2, 0) is 0 Å². The van der Waals surface area contributed by atoms with Gasteiger partial charge in [-0.1, -0.05) is 17.2 Å². The van der Waals surface area contributed by atoms with Crippen molar-refractivity contribution < 1.29 is 9.23 Å². The van der Waals surface area contributed by atoms with Gasteiger partial charge < -0.3 is 4.84 Å². The van der Waals surface area contributed by atoms with Crippen molar-refractivity contribution in [3.8, 4) is 11.7 Å².